The maximum Gasteiger partial charge on any atom is 0.263 e. The van der Waals surface area contributed by atoms with Gasteiger partial charge in [-0.15, -0.1) is 16.8 Å². The molecule has 0 fully saturated rings. The van der Waals surface area contributed by atoms with E-state index < -0.39 is 0 Å². The van der Waals surface area contributed by atoms with Crippen molar-refractivity contribution in [2.24, 2.45) is 0 Å². The van der Waals surface area contributed by atoms with Gasteiger partial charge in [-0.1, -0.05) is 41.6 Å². The lowest BCUT2D eigenvalue weighted by Gasteiger charge is -2.10. The molecular weight excluding hydrogens is 438 g/mol. The van der Waals surface area contributed by atoms with Crippen molar-refractivity contribution in [1.29, 1.82) is 0 Å². The summed E-state index contributed by atoms with van der Waals surface area (Å²) in [6, 6.07) is 12.2. The molecule has 0 aliphatic heterocycles. The van der Waals surface area contributed by atoms with Gasteiger partial charge in [0, 0.05) is 12.2 Å². The number of fused-ring (bicyclic) bond motifs is 3. The lowest BCUT2D eigenvalue weighted by Crippen LogP contribution is -2.22. The summed E-state index contributed by atoms with van der Waals surface area (Å²) in [5.41, 5.74) is 1.08. The van der Waals surface area contributed by atoms with Crippen molar-refractivity contribution in [3.8, 4) is 5.75 Å². The van der Waals surface area contributed by atoms with Crippen LogP contribution in [0.5, 0.6) is 5.75 Å². The van der Waals surface area contributed by atoms with Gasteiger partial charge in [0.15, 0.2) is 5.16 Å². The van der Waals surface area contributed by atoms with Crippen molar-refractivity contribution in [2.75, 3.05) is 18.2 Å². The van der Waals surface area contributed by atoms with Crippen LogP contribution in [-0.2, 0) is 11.3 Å². The molecule has 4 aromatic rings. The number of hydrogen-bond acceptors (Lipinski definition) is 6. The minimum atomic E-state index is -0.230. The zero-order valence-electron chi connectivity index (χ0n) is 16.5. The van der Waals surface area contributed by atoms with Crippen LogP contribution in [0.1, 0.15) is 0 Å². The van der Waals surface area contributed by atoms with E-state index in [1.807, 2.05) is 12.1 Å². The van der Waals surface area contributed by atoms with Gasteiger partial charge in [0.2, 0.25) is 11.7 Å². The molecule has 1 amide bonds. The average Bonchev–Trinajstić information content (AvgIpc) is 3.19. The summed E-state index contributed by atoms with van der Waals surface area (Å²) in [5, 5.41) is 12.6. The van der Waals surface area contributed by atoms with Gasteiger partial charge in [-0.25, -0.2) is 0 Å². The summed E-state index contributed by atoms with van der Waals surface area (Å²) in [7, 11) is 1.53. The highest BCUT2D eigenvalue weighted by Gasteiger charge is 2.17. The predicted octanol–water partition coefficient (Wildman–Crippen LogP) is 3.62. The molecule has 0 atom stereocenters. The highest BCUT2D eigenvalue weighted by molar-refractivity contribution is 7.99. The normalized spacial score (nSPS) is 11.0. The number of ether oxygens (including phenoxy) is 1. The van der Waals surface area contributed by atoms with Gasteiger partial charge in [0.05, 0.1) is 28.8 Å². The lowest BCUT2D eigenvalue weighted by molar-refractivity contribution is -0.113. The van der Waals surface area contributed by atoms with Crippen molar-refractivity contribution in [3.63, 3.8) is 0 Å². The third-order valence-electron chi connectivity index (χ3n) is 4.56. The first-order valence-electron chi connectivity index (χ1n) is 9.27. The number of methoxy groups -OCH3 is 1. The van der Waals surface area contributed by atoms with Gasteiger partial charge in [0.1, 0.15) is 5.75 Å². The Morgan fingerprint density at radius 1 is 1.29 bits per heavy atom. The molecule has 2 heterocycles. The fraction of sp³-hybridized carbons (Fsp3) is 0.143. The second-order valence-corrected chi connectivity index (χ2v) is 7.88. The molecule has 0 aliphatic carbocycles. The number of benzene rings is 2. The van der Waals surface area contributed by atoms with Gasteiger partial charge in [-0.3, -0.25) is 18.6 Å². The van der Waals surface area contributed by atoms with Crippen LogP contribution >= 0.6 is 23.4 Å². The van der Waals surface area contributed by atoms with Gasteiger partial charge in [-0.2, -0.15) is 0 Å². The van der Waals surface area contributed by atoms with E-state index in [2.05, 4.69) is 22.1 Å². The summed E-state index contributed by atoms with van der Waals surface area (Å²) in [4.78, 5) is 25.3. The molecular formula is C21H18ClN5O3S. The van der Waals surface area contributed by atoms with Crippen LogP contribution in [0.2, 0.25) is 5.02 Å². The molecule has 1 N–H and O–H groups in total. The predicted molar refractivity (Wildman–Crippen MR) is 122 cm³/mol. The fourth-order valence-electron chi connectivity index (χ4n) is 3.19. The molecule has 0 unspecified atom stereocenters. The average molecular weight is 456 g/mol. The van der Waals surface area contributed by atoms with Crippen LogP contribution in [0.25, 0.3) is 16.7 Å². The SMILES string of the molecule is C=CCn1c(=O)c2ccccc2n2c(SCC(=O)Nc3ccc(OC)c(Cl)c3)nnc12. The summed E-state index contributed by atoms with van der Waals surface area (Å²) in [6.45, 7) is 4.01. The van der Waals surface area contributed by atoms with Crippen molar-refractivity contribution in [1.82, 2.24) is 19.2 Å². The minimum Gasteiger partial charge on any atom is -0.495 e. The van der Waals surface area contributed by atoms with Crippen LogP contribution in [0.3, 0.4) is 0 Å². The van der Waals surface area contributed by atoms with Gasteiger partial charge >= 0.3 is 0 Å². The number of aromatic nitrogens is 4. The van der Waals surface area contributed by atoms with Crippen molar-refractivity contribution >= 4 is 51.6 Å². The second-order valence-electron chi connectivity index (χ2n) is 6.53. The van der Waals surface area contributed by atoms with E-state index in [9.17, 15) is 9.59 Å². The van der Waals surface area contributed by atoms with E-state index in [1.165, 1.54) is 23.4 Å². The Bertz CT molecular complexity index is 1360. The molecule has 0 spiro atoms. The molecule has 31 heavy (non-hydrogen) atoms. The Labute approximate surface area is 186 Å². The zero-order valence-corrected chi connectivity index (χ0v) is 18.1. The van der Waals surface area contributed by atoms with Crippen molar-refractivity contribution < 1.29 is 9.53 Å². The standard InChI is InChI=1S/C21H18ClN5O3S/c1-3-10-26-19(29)14-6-4-5-7-16(14)27-20(26)24-25-21(27)31-12-18(28)23-13-8-9-17(30-2)15(22)11-13/h3-9,11H,1,10,12H2,2H3,(H,23,28). The summed E-state index contributed by atoms with van der Waals surface area (Å²) >= 11 is 7.33. The Hall–Kier alpha value is -3.30. The summed E-state index contributed by atoms with van der Waals surface area (Å²) in [6.07, 6.45) is 1.63. The number of rotatable bonds is 7. The Morgan fingerprint density at radius 3 is 2.84 bits per heavy atom. The molecule has 0 aliphatic rings. The number of allylic oxidation sites excluding steroid dienone is 1. The Balaban J connectivity index is 1.62. The van der Waals surface area contributed by atoms with E-state index in [0.717, 1.165) is 0 Å². The molecule has 8 nitrogen and oxygen atoms in total. The van der Waals surface area contributed by atoms with Crippen molar-refractivity contribution in [3.05, 3.63) is 70.5 Å². The first kappa shape index (κ1) is 21.0. The minimum absolute atomic E-state index is 0.0966. The summed E-state index contributed by atoms with van der Waals surface area (Å²) < 4.78 is 8.40. The lowest BCUT2D eigenvalue weighted by atomic mass is 10.2. The van der Waals surface area contributed by atoms with Crippen LogP contribution < -0.4 is 15.6 Å². The zero-order chi connectivity index (χ0) is 22.0. The third-order valence-corrected chi connectivity index (χ3v) is 5.78. The second kappa shape index (κ2) is 8.83. The number of hydrogen-bond donors (Lipinski definition) is 1. The number of nitrogens with one attached hydrogen (secondary N) is 1. The highest BCUT2D eigenvalue weighted by atomic mass is 35.5. The number of amides is 1. The van der Waals surface area contributed by atoms with E-state index >= 15 is 0 Å². The monoisotopic (exact) mass is 455 g/mol. The molecule has 0 bridgehead atoms. The number of thioether (sulfide) groups is 1. The molecule has 0 saturated carbocycles. The van der Waals surface area contributed by atoms with Crippen molar-refractivity contribution in [2.45, 2.75) is 11.7 Å². The molecule has 0 saturated heterocycles. The van der Waals surface area contributed by atoms with Crippen LogP contribution in [0, 0.1) is 0 Å². The number of carbonyl (C=O) groups is 1. The topological polar surface area (TPSA) is 90.5 Å². The first-order chi connectivity index (χ1) is 15.0. The number of carbonyl (C=O) groups excluding carboxylic acids is 1. The number of para-hydroxylation sites is 1. The molecule has 4 rings (SSSR count). The van der Waals surface area contributed by atoms with E-state index in [-0.39, 0.29) is 17.2 Å². The van der Waals surface area contributed by atoms with Gasteiger partial charge < -0.3 is 10.1 Å². The molecule has 158 valence electrons. The largest absolute Gasteiger partial charge is 0.495 e. The first-order valence-corrected chi connectivity index (χ1v) is 10.6. The van der Waals surface area contributed by atoms with Crippen LogP contribution in [0.4, 0.5) is 5.69 Å². The number of halogens is 1. The van der Waals surface area contributed by atoms with E-state index in [0.29, 0.717) is 44.8 Å². The highest BCUT2D eigenvalue weighted by Crippen LogP contribution is 2.27. The Morgan fingerprint density at radius 2 is 2.10 bits per heavy atom. The van der Waals surface area contributed by atoms with Gasteiger partial charge in [-0.05, 0) is 30.3 Å². The number of nitrogens with zero attached hydrogens (tertiary/aromatic N) is 4. The van der Waals surface area contributed by atoms with E-state index in [4.69, 9.17) is 16.3 Å². The molecule has 0 radical (unpaired) electrons. The van der Waals surface area contributed by atoms with Crippen LogP contribution in [0.15, 0.2) is 65.1 Å². The summed E-state index contributed by atoms with van der Waals surface area (Å²) in [5.74, 6) is 0.792. The Kier molecular flexibility index (Phi) is 5.97. The van der Waals surface area contributed by atoms with Crippen LogP contribution in [-0.4, -0.2) is 37.9 Å². The number of anilines is 1. The fourth-order valence-corrected chi connectivity index (χ4v) is 4.19. The van der Waals surface area contributed by atoms with Gasteiger partial charge in [0.25, 0.3) is 5.56 Å². The third kappa shape index (κ3) is 4.01. The smallest absolute Gasteiger partial charge is 0.263 e. The molecule has 2 aromatic heterocycles. The maximum absolute atomic E-state index is 12.8. The van der Waals surface area contributed by atoms with E-state index in [1.54, 1.807) is 40.8 Å². The quantitative estimate of drug-likeness (QED) is 0.338. The molecule has 10 heteroatoms. The molecule has 2 aromatic carbocycles. The maximum atomic E-state index is 12.8.